The molecule has 0 bridgehead atoms. The monoisotopic (exact) mass is 196 g/mol. The lowest BCUT2D eigenvalue weighted by Gasteiger charge is -2.36. The standard InChI is InChI=1S/C12H24N2/c13-11-6-5-9-14(10-11)12-7-3-1-2-4-8-12/h11-12H,1-10,13H2. The highest BCUT2D eigenvalue weighted by molar-refractivity contribution is 4.81. The van der Waals surface area contributed by atoms with Crippen LogP contribution >= 0.6 is 0 Å². The van der Waals surface area contributed by atoms with Crippen molar-refractivity contribution in [2.45, 2.75) is 63.5 Å². The van der Waals surface area contributed by atoms with Crippen molar-refractivity contribution >= 4 is 0 Å². The van der Waals surface area contributed by atoms with Crippen LogP contribution in [0.25, 0.3) is 0 Å². The first kappa shape index (κ1) is 10.4. The van der Waals surface area contributed by atoms with Crippen LogP contribution in [0, 0.1) is 0 Å². The van der Waals surface area contributed by atoms with Gasteiger partial charge in [-0.2, -0.15) is 0 Å². The summed E-state index contributed by atoms with van der Waals surface area (Å²) < 4.78 is 0. The van der Waals surface area contributed by atoms with E-state index in [4.69, 9.17) is 5.73 Å². The molecule has 0 aromatic rings. The zero-order valence-corrected chi connectivity index (χ0v) is 9.25. The molecule has 2 fully saturated rings. The Morgan fingerprint density at radius 2 is 1.57 bits per heavy atom. The van der Waals surface area contributed by atoms with Crippen LogP contribution in [-0.4, -0.2) is 30.1 Å². The predicted octanol–water partition coefficient (Wildman–Crippen LogP) is 2.13. The van der Waals surface area contributed by atoms with E-state index in [0.717, 1.165) is 12.6 Å². The molecule has 0 aromatic heterocycles. The Morgan fingerprint density at radius 1 is 0.857 bits per heavy atom. The van der Waals surface area contributed by atoms with Crippen LogP contribution in [0.2, 0.25) is 0 Å². The quantitative estimate of drug-likeness (QED) is 0.651. The summed E-state index contributed by atoms with van der Waals surface area (Å²) in [5, 5.41) is 0. The second kappa shape index (κ2) is 5.13. The van der Waals surface area contributed by atoms with Gasteiger partial charge in [0.2, 0.25) is 0 Å². The Morgan fingerprint density at radius 3 is 2.21 bits per heavy atom. The molecule has 2 rings (SSSR count). The molecular formula is C12H24N2. The van der Waals surface area contributed by atoms with Crippen molar-refractivity contribution in [1.29, 1.82) is 0 Å². The summed E-state index contributed by atoms with van der Waals surface area (Å²) in [6.45, 7) is 2.46. The molecule has 0 radical (unpaired) electrons. The molecule has 14 heavy (non-hydrogen) atoms. The number of nitrogens with two attached hydrogens (primary N) is 1. The summed E-state index contributed by atoms with van der Waals surface area (Å²) >= 11 is 0. The van der Waals surface area contributed by atoms with Crippen molar-refractivity contribution in [3.63, 3.8) is 0 Å². The third-order valence-corrected chi connectivity index (χ3v) is 3.83. The van der Waals surface area contributed by atoms with Crippen LogP contribution < -0.4 is 5.73 Å². The molecule has 0 aromatic carbocycles. The van der Waals surface area contributed by atoms with Crippen molar-refractivity contribution in [1.82, 2.24) is 4.90 Å². The summed E-state index contributed by atoms with van der Waals surface area (Å²) in [5.74, 6) is 0. The maximum atomic E-state index is 6.03. The van der Waals surface area contributed by atoms with Crippen LogP contribution in [0.5, 0.6) is 0 Å². The number of likely N-dealkylation sites (tertiary alicyclic amines) is 1. The van der Waals surface area contributed by atoms with Crippen molar-refractivity contribution in [2.75, 3.05) is 13.1 Å². The molecule has 1 unspecified atom stereocenters. The fourth-order valence-corrected chi connectivity index (χ4v) is 2.99. The van der Waals surface area contributed by atoms with Crippen LogP contribution in [-0.2, 0) is 0 Å². The number of hydrogen-bond donors (Lipinski definition) is 1. The lowest BCUT2D eigenvalue weighted by atomic mass is 10.0. The van der Waals surface area contributed by atoms with Crippen LogP contribution in [0.3, 0.4) is 0 Å². The lowest BCUT2D eigenvalue weighted by molar-refractivity contribution is 0.136. The van der Waals surface area contributed by atoms with Crippen LogP contribution in [0.15, 0.2) is 0 Å². The van der Waals surface area contributed by atoms with Gasteiger partial charge in [0.1, 0.15) is 0 Å². The predicted molar refractivity (Wildman–Crippen MR) is 60.3 cm³/mol. The maximum Gasteiger partial charge on any atom is 0.0168 e. The highest BCUT2D eigenvalue weighted by Gasteiger charge is 2.24. The highest BCUT2D eigenvalue weighted by Crippen LogP contribution is 2.24. The number of piperidine rings is 1. The average Bonchev–Trinajstić information content (AvgIpc) is 2.45. The Labute approximate surface area is 87.8 Å². The Kier molecular flexibility index (Phi) is 3.82. The summed E-state index contributed by atoms with van der Waals surface area (Å²) in [5.41, 5.74) is 6.03. The SMILES string of the molecule is NC1CCCN(C2CCCCCC2)C1. The molecule has 0 amide bonds. The summed E-state index contributed by atoms with van der Waals surface area (Å²) in [4.78, 5) is 2.67. The van der Waals surface area contributed by atoms with Gasteiger partial charge in [0.05, 0.1) is 0 Å². The highest BCUT2D eigenvalue weighted by atomic mass is 15.2. The second-order valence-electron chi connectivity index (χ2n) is 5.04. The maximum absolute atomic E-state index is 6.03. The topological polar surface area (TPSA) is 29.3 Å². The largest absolute Gasteiger partial charge is 0.327 e. The lowest BCUT2D eigenvalue weighted by Crippen LogP contribution is -2.47. The first-order chi connectivity index (χ1) is 6.86. The summed E-state index contributed by atoms with van der Waals surface area (Å²) in [6.07, 6.45) is 11.2. The average molecular weight is 196 g/mol. The van der Waals surface area contributed by atoms with Crippen molar-refractivity contribution < 1.29 is 0 Å². The molecule has 82 valence electrons. The fraction of sp³-hybridized carbons (Fsp3) is 1.00. The Balaban J connectivity index is 1.85. The third-order valence-electron chi connectivity index (χ3n) is 3.83. The molecule has 2 heteroatoms. The van der Waals surface area contributed by atoms with E-state index in [1.54, 1.807) is 0 Å². The van der Waals surface area contributed by atoms with Crippen LogP contribution in [0.4, 0.5) is 0 Å². The summed E-state index contributed by atoms with van der Waals surface area (Å²) in [7, 11) is 0. The number of rotatable bonds is 1. The number of hydrogen-bond acceptors (Lipinski definition) is 2. The molecule has 1 aliphatic heterocycles. The van der Waals surface area contributed by atoms with E-state index in [-0.39, 0.29) is 0 Å². The van der Waals surface area contributed by atoms with E-state index in [2.05, 4.69) is 4.90 Å². The molecular weight excluding hydrogens is 172 g/mol. The molecule has 0 spiro atoms. The second-order valence-corrected chi connectivity index (χ2v) is 5.04. The Bertz CT molecular complexity index is 162. The van der Waals surface area contributed by atoms with Crippen molar-refractivity contribution in [3.05, 3.63) is 0 Å². The van der Waals surface area contributed by atoms with Gasteiger partial charge < -0.3 is 5.73 Å². The zero-order chi connectivity index (χ0) is 9.80. The van der Waals surface area contributed by atoms with Gasteiger partial charge in [0.15, 0.2) is 0 Å². The van der Waals surface area contributed by atoms with E-state index in [0.29, 0.717) is 6.04 Å². The van der Waals surface area contributed by atoms with Gasteiger partial charge in [0.25, 0.3) is 0 Å². The first-order valence-electron chi connectivity index (χ1n) is 6.36. The van der Waals surface area contributed by atoms with Gasteiger partial charge in [-0.3, -0.25) is 4.90 Å². The van der Waals surface area contributed by atoms with E-state index in [1.165, 1.54) is 57.9 Å². The minimum absolute atomic E-state index is 0.451. The zero-order valence-electron chi connectivity index (χ0n) is 9.25. The third kappa shape index (κ3) is 2.71. The smallest absolute Gasteiger partial charge is 0.0168 e. The molecule has 1 aliphatic carbocycles. The minimum Gasteiger partial charge on any atom is -0.327 e. The summed E-state index contributed by atoms with van der Waals surface area (Å²) in [6, 6.07) is 1.32. The Hall–Kier alpha value is -0.0800. The van der Waals surface area contributed by atoms with E-state index in [1.807, 2.05) is 0 Å². The van der Waals surface area contributed by atoms with Gasteiger partial charge in [-0.1, -0.05) is 25.7 Å². The van der Waals surface area contributed by atoms with Crippen LogP contribution in [0.1, 0.15) is 51.4 Å². The van der Waals surface area contributed by atoms with Crippen molar-refractivity contribution in [2.24, 2.45) is 5.73 Å². The van der Waals surface area contributed by atoms with E-state index >= 15 is 0 Å². The number of nitrogens with zero attached hydrogens (tertiary/aromatic N) is 1. The molecule has 1 saturated carbocycles. The first-order valence-corrected chi connectivity index (χ1v) is 6.36. The normalized spacial score (nSPS) is 32.8. The van der Waals surface area contributed by atoms with Gasteiger partial charge >= 0.3 is 0 Å². The molecule has 1 saturated heterocycles. The van der Waals surface area contributed by atoms with E-state index < -0.39 is 0 Å². The van der Waals surface area contributed by atoms with Gasteiger partial charge in [-0.25, -0.2) is 0 Å². The van der Waals surface area contributed by atoms with Gasteiger partial charge in [-0.05, 0) is 32.2 Å². The van der Waals surface area contributed by atoms with Crippen molar-refractivity contribution in [3.8, 4) is 0 Å². The van der Waals surface area contributed by atoms with Gasteiger partial charge in [0, 0.05) is 18.6 Å². The fourth-order valence-electron chi connectivity index (χ4n) is 2.99. The molecule has 2 aliphatic rings. The molecule has 1 heterocycles. The molecule has 2 nitrogen and oxygen atoms in total. The minimum atomic E-state index is 0.451. The molecule has 2 N–H and O–H groups in total. The van der Waals surface area contributed by atoms with Gasteiger partial charge in [-0.15, -0.1) is 0 Å². The van der Waals surface area contributed by atoms with E-state index in [9.17, 15) is 0 Å². The molecule has 1 atom stereocenters.